The van der Waals surface area contributed by atoms with E-state index in [0.717, 1.165) is 30.4 Å². The molecule has 2 aromatic carbocycles. The molecule has 2 unspecified atom stereocenters. The van der Waals surface area contributed by atoms with Crippen LogP contribution in [-0.4, -0.2) is 52.6 Å². The van der Waals surface area contributed by atoms with E-state index in [1.54, 1.807) is 37.8 Å². The van der Waals surface area contributed by atoms with Gasteiger partial charge in [0.1, 0.15) is 23.4 Å². The van der Waals surface area contributed by atoms with Gasteiger partial charge in [0.25, 0.3) is 0 Å². The van der Waals surface area contributed by atoms with Crippen LogP contribution in [0.1, 0.15) is 83.0 Å². The van der Waals surface area contributed by atoms with Gasteiger partial charge in [0, 0.05) is 19.5 Å². The fourth-order valence-electron chi connectivity index (χ4n) is 4.23. The Morgan fingerprint density at radius 1 is 0.949 bits per heavy atom. The lowest BCUT2D eigenvalue weighted by atomic mass is 9.99. The number of unbranched alkanes of at least 4 members (excludes halogenated alkanes) is 2. The number of phenols is 1. The van der Waals surface area contributed by atoms with E-state index in [1.165, 1.54) is 12.1 Å². The molecule has 2 rings (SSSR count). The number of alkyl carbamates (subject to hydrolysis) is 1. The zero-order valence-electron chi connectivity index (χ0n) is 24.3. The summed E-state index contributed by atoms with van der Waals surface area (Å²) >= 11 is 0. The second kappa shape index (κ2) is 15.1. The van der Waals surface area contributed by atoms with Crippen LogP contribution < -0.4 is 10.6 Å². The van der Waals surface area contributed by atoms with Gasteiger partial charge in [-0.15, -0.1) is 0 Å². The predicted octanol–water partition coefficient (Wildman–Crippen LogP) is 5.42. The molecule has 3 N–H and O–H groups in total. The molecular weight excluding hydrogens is 494 g/mol. The van der Waals surface area contributed by atoms with E-state index in [-0.39, 0.29) is 24.0 Å². The van der Waals surface area contributed by atoms with Crippen molar-refractivity contribution in [2.24, 2.45) is 0 Å². The average molecular weight is 540 g/mol. The van der Waals surface area contributed by atoms with Gasteiger partial charge in [-0.2, -0.15) is 0 Å². The Morgan fingerprint density at radius 3 is 2.15 bits per heavy atom. The van der Waals surface area contributed by atoms with Gasteiger partial charge in [0.2, 0.25) is 11.8 Å². The number of aromatic hydroxyl groups is 1. The zero-order chi connectivity index (χ0) is 29.0. The molecule has 0 heterocycles. The third-order valence-electron chi connectivity index (χ3n) is 6.15. The summed E-state index contributed by atoms with van der Waals surface area (Å²) in [5.74, 6) is -0.531. The molecule has 0 saturated heterocycles. The topological polar surface area (TPSA) is 108 Å². The smallest absolute Gasteiger partial charge is 0.408 e. The van der Waals surface area contributed by atoms with E-state index < -0.39 is 23.8 Å². The number of phenolic OH excluding ortho intramolecular Hbond substituents is 1. The lowest BCUT2D eigenvalue weighted by Gasteiger charge is -2.34. The Hall–Kier alpha value is -3.55. The summed E-state index contributed by atoms with van der Waals surface area (Å²) in [5.41, 5.74) is 1.75. The number of aryl methyl sites for hydroxylation is 1. The highest BCUT2D eigenvalue weighted by molar-refractivity contribution is 5.92. The second-order valence-electron chi connectivity index (χ2n) is 10.9. The van der Waals surface area contributed by atoms with Crippen LogP contribution in [0.25, 0.3) is 0 Å². The molecule has 0 bridgehead atoms. The van der Waals surface area contributed by atoms with E-state index in [1.807, 2.05) is 38.1 Å². The van der Waals surface area contributed by atoms with Crippen molar-refractivity contribution < 1.29 is 24.2 Å². The lowest BCUT2D eigenvalue weighted by Crippen LogP contribution is -2.54. The van der Waals surface area contributed by atoms with Gasteiger partial charge >= 0.3 is 6.09 Å². The fraction of sp³-hybridized carbons (Fsp3) is 0.516. The number of hydrogen-bond donors (Lipinski definition) is 3. The number of hydrogen-bond acceptors (Lipinski definition) is 5. The molecule has 0 saturated carbocycles. The fourth-order valence-corrected chi connectivity index (χ4v) is 4.23. The minimum atomic E-state index is -0.989. The standard InChI is InChI=1S/C31H45N3O5/c1-7-9-10-19-32-28(36)27(24-15-11-22(3)12-16-24)34(20-8-2)29(37)26(33-30(38)39-31(4,5)6)21-23-13-17-25(35)18-14-23/h11-18,26-27,35H,7-10,19-21H2,1-6H3,(H,32,36)(H,33,38). The Morgan fingerprint density at radius 2 is 1.59 bits per heavy atom. The van der Waals surface area contributed by atoms with Crippen LogP contribution in [0.4, 0.5) is 4.79 Å². The van der Waals surface area contributed by atoms with Gasteiger partial charge in [-0.05, 0) is 63.8 Å². The SMILES string of the molecule is CCCCCNC(=O)C(c1ccc(C)cc1)N(CCC)C(=O)C(Cc1ccc(O)cc1)NC(=O)OC(C)(C)C. The molecule has 214 valence electrons. The third-order valence-corrected chi connectivity index (χ3v) is 6.15. The van der Waals surface area contributed by atoms with Crippen LogP contribution in [-0.2, 0) is 20.7 Å². The first-order valence-corrected chi connectivity index (χ1v) is 13.9. The number of rotatable bonds is 13. The summed E-state index contributed by atoms with van der Waals surface area (Å²) in [6, 6.07) is 12.2. The molecule has 0 spiro atoms. The Balaban J connectivity index is 2.46. The highest BCUT2D eigenvalue weighted by Crippen LogP contribution is 2.25. The Labute approximate surface area is 233 Å². The van der Waals surface area contributed by atoms with E-state index in [0.29, 0.717) is 25.1 Å². The minimum absolute atomic E-state index is 0.105. The number of amides is 3. The van der Waals surface area contributed by atoms with E-state index in [4.69, 9.17) is 4.74 Å². The molecule has 0 radical (unpaired) electrons. The van der Waals surface area contributed by atoms with Crippen molar-refractivity contribution in [1.29, 1.82) is 0 Å². The van der Waals surface area contributed by atoms with Gasteiger partial charge in [0.15, 0.2) is 0 Å². The normalized spacial score (nSPS) is 12.8. The molecule has 0 aliphatic heterocycles. The van der Waals surface area contributed by atoms with Crippen LogP contribution in [0.15, 0.2) is 48.5 Å². The van der Waals surface area contributed by atoms with Gasteiger partial charge in [-0.1, -0.05) is 68.7 Å². The third kappa shape index (κ3) is 10.6. The first kappa shape index (κ1) is 31.7. The largest absolute Gasteiger partial charge is 0.508 e. The summed E-state index contributed by atoms with van der Waals surface area (Å²) in [7, 11) is 0. The molecule has 39 heavy (non-hydrogen) atoms. The number of nitrogens with one attached hydrogen (secondary N) is 2. The highest BCUT2D eigenvalue weighted by Gasteiger charge is 2.36. The molecule has 2 atom stereocenters. The summed E-state index contributed by atoms with van der Waals surface area (Å²) in [4.78, 5) is 42.1. The van der Waals surface area contributed by atoms with Crippen LogP contribution in [0.3, 0.4) is 0 Å². The van der Waals surface area contributed by atoms with Crippen molar-refractivity contribution in [3.8, 4) is 5.75 Å². The Bertz CT molecular complexity index is 1060. The van der Waals surface area contributed by atoms with E-state index in [9.17, 15) is 19.5 Å². The highest BCUT2D eigenvalue weighted by atomic mass is 16.6. The number of carbonyl (C=O) groups is 3. The van der Waals surface area contributed by atoms with Crippen LogP contribution in [0.5, 0.6) is 5.75 Å². The number of benzene rings is 2. The Kier molecular flexibility index (Phi) is 12.3. The van der Waals surface area contributed by atoms with E-state index in [2.05, 4.69) is 17.6 Å². The molecule has 0 aromatic heterocycles. The van der Waals surface area contributed by atoms with Gasteiger partial charge in [-0.25, -0.2) is 4.79 Å². The summed E-state index contributed by atoms with van der Waals surface area (Å²) < 4.78 is 5.46. The molecule has 8 nitrogen and oxygen atoms in total. The number of nitrogens with zero attached hydrogens (tertiary/aromatic N) is 1. The number of carbonyl (C=O) groups excluding carboxylic acids is 3. The molecule has 2 aromatic rings. The molecule has 0 aliphatic rings. The summed E-state index contributed by atoms with van der Waals surface area (Å²) in [5, 5.41) is 15.5. The maximum Gasteiger partial charge on any atom is 0.408 e. The maximum atomic E-state index is 14.2. The average Bonchev–Trinajstić information content (AvgIpc) is 2.87. The summed E-state index contributed by atoms with van der Waals surface area (Å²) in [6.45, 7) is 12.1. The van der Waals surface area contributed by atoms with E-state index >= 15 is 0 Å². The molecule has 0 fully saturated rings. The van der Waals surface area contributed by atoms with Crippen molar-refractivity contribution >= 4 is 17.9 Å². The predicted molar refractivity (Wildman–Crippen MR) is 153 cm³/mol. The van der Waals surface area contributed by atoms with Crippen LogP contribution in [0.2, 0.25) is 0 Å². The van der Waals surface area contributed by atoms with Gasteiger partial charge in [0.05, 0.1) is 0 Å². The van der Waals surface area contributed by atoms with Crippen molar-refractivity contribution in [2.45, 2.75) is 91.3 Å². The first-order valence-electron chi connectivity index (χ1n) is 13.9. The van der Waals surface area contributed by atoms with Gasteiger partial charge in [-0.3, -0.25) is 9.59 Å². The quantitative estimate of drug-likeness (QED) is 0.295. The van der Waals surface area contributed by atoms with Crippen LogP contribution >= 0.6 is 0 Å². The minimum Gasteiger partial charge on any atom is -0.508 e. The second-order valence-corrected chi connectivity index (χ2v) is 10.9. The van der Waals surface area contributed by atoms with Crippen molar-refractivity contribution in [1.82, 2.24) is 15.5 Å². The van der Waals surface area contributed by atoms with Crippen LogP contribution in [0, 0.1) is 6.92 Å². The van der Waals surface area contributed by atoms with Crippen molar-refractivity contribution in [3.05, 3.63) is 65.2 Å². The van der Waals surface area contributed by atoms with Crippen molar-refractivity contribution in [3.63, 3.8) is 0 Å². The molecular formula is C31H45N3O5. The molecule has 8 heteroatoms. The maximum absolute atomic E-state index is 14.2. The monoisotopic (exact) mass is 539 g/mol. The molecule has 0 aliphatic carbocycles. The molecule has 3 amide bonds. The van der Waals surface area contributed by atoms with Gasteiger partial charge < -0.3 is 25.4 Å². The summed E-state index contributed by atoms with van der Waals surface area (Å²) in [6.07, 6.45) is 2.96. The van der Waals surface area contributed by atoms with Crippen molar-refractivity contribution in [2.75, 3.05) is 13.1 Å². The zero-order valence-corrected chi connectivity index (χ0v) is 24.3. The first-order chi connectivity index (χ1) is 18.4. The lowest BCUT2D eigenvalue weighted by molar-refractivity contribution is -0.142. The number of ether oxygens (including phenoxy) is 1.